The van der Waals surface area contributed by atoms with Crippen molar-refractivity contribution in [3.8, 4) is 5.75 Å². The Bertz CT molecular complexity index is 482. The topological polar surface area (TPSA) is 46.5 Å². The average Bonchev–Trinajstić information content (AvgIpc) is 2.25. The van der Waals surface area contributed by atoms with Gasteiger partial charge in [-0.3, -0.25) is 4.79 Å². The standard InChI is InChI=1S/C12H11F3O3/c1-6-2-3-9-7(4-6)5-8(11(16)17)10(18-9)12(13,14)15/h2-4,8,10H,5H2,1H3,(H,16,17)/t8-,10-/m1/s1. The summed E-state index contributed by atoms with van der Waals surface area (Å²) in [5, 5.41) is 8.89. The molecule has 3 nitrogen and oxygen atoms in total. The van der Waals surface area contributed by atoms with Gasteiger partial charge in [-0.2, -0.15) is 13.2 Å². The number of carboxylic acid groups (broad SMARTS) is 1. The van der Waals surface area contributed by atoms with Gasteiger partial charge < -0.3 is 9.84 Å². The third-order valence-electron chi connectivity index (χ3n) is 2.92. The molecule has 1 aliphatic rings. The summed E-state index contributed by atoms with van der Waals surface area (Å²) < 4.78 is 43.0. The molecule has 0 radical (unpaired) electrons. The summed E-state index contributed by atoms with van der Waals surface area (Å²) in [5.41, 5.74) is 1.36. The minimum absolute atomic E-state index is 0.112. The molecule has 0 spiro atoms. The Labute approximate surface area is 101 Å². The van der Waals surface area contributed by atoms with E-state index >= 15 is 0 Å². The SMILES string of the molecule is Cc1ccc2c(c1)C[C@@H](C(=O)O)[C@H](C(F)(F)F)O2. The van der Waals surface area contributed by atoms with E-state index in [1.54, 1.807) is 19.1 Å². The van der Waals surface area contributed by atoms with Gasteiger partial charge in [-0.15, -0.1) is 0 Å². The van der Waals surface area contributed by atoms with Crippen LogP contribution in [-0.2, 0) is 11.2 Å². The van der Waals surface area contributed by atoms with Crippen LogP contribution in [0.25, 0.3) is 0 Å². The highest BCUT2D eigenvalue weighted by Crippen LogP contribution is 2.38. The van der Waals surface area contributed by atoms with Gasteiger partial charge in [0.15, 0.2) is 0 Å². The first-order valence-electron chi connectivity index (χ1n) is 5.35. The van der Waals surface area contributed by atoms with Crippen LogP contribution in [0.5, 0.6) is 5.75 Å². The predicted octanol–water partition coefficient (Wildman–Crippen LogP) is 2.56. The van der Waals surface area contributed by atoms with Crippen LogP contribution in [0, 0.1) is 12.8 Å². The quantitative estimate of drug-likeness (QED) is 0.844. The van der Waals surface area contributed by atoms with E-state index in [1.165, 1.54) is 6.07 Å². The van der Waals surface area contributed by atoms with E-state index in [2.05, 4.69) is 0 Å². The Morgan fingerprint density at radius 2 is 2.11 bits per heavy atom. The minimum atomic E-state index is -4.69. The second kappa shape index (κ2) is 4.19. The lowest BCUT2D eigenvalue weighted by atomic mass is 9.89. The lowest BCUT2D eigenvalue weighted by Crippen LogP contribution is -2.47. The van der Waals surface area contributed by atoms with E-state index < -0.39 is 24.2 Å². The van der Waals surface area contributed by atoms with E-state index in [0.29, 0.717) is 5.56 Å². The molecule has 0 saturated heterocycles. The summed E-state index contributed by atoms with van der Waals surface area (Å²) in [5.74, 6) is -2.98. The summed E-state index contributed by atoms with van der Waals surface area (Å²) in [4.78, 5) is 10.9. The Hall–Kier alpha value is -1.72. The number of carboxylic acids is 1. The summed E-state index contributed by atoms with van der Waals surface area (Å²) >= 11 is 0. The van der Waals surface area contributed by atoms with E-state index in [4.69, 9.17) is 9.84 Å². The second-order valence-corrected chi connectivity index (χ2v) is 4.34. The maximum absolute atomic E-state index is 12.7. The van der Waals surface area contributed by atoms with Gasteiger partial charge in [0.1, 0.15) is 11.7 Å². The highest BCUT2D eigenvalue weighted by molar-refractivity contribution is 5.72. The molecule has 0 fully saturated rings. The van der Waals surface area contributed by atoms with Crippen LogP contribution >= 0.6 is 0 Å². The minimum Gasteiger partial charge on any atom is -0.481 e. The highest BCUT2D eigenvalue weighted by atomic mass is 19.4. The molecule has 1 N–H and O–H groups in total. The van der Waals surface area contributed by atoms with Crippen molar-refractivity contribution in [2.45, 2.75) is 25.6 Å². The molecule has 0 aliphatic carbocycles. The Morgan fingerprint density at radius 3 is 2.67 bits per heavy atom. The van der Waals surface area contributed by atoms with Crippen molar-refractivity contribution in [2.75, 3.05) is 0 Å². The Balaban J connectivity index is 2.40. The van der Waals surface area contributed by atoms with Gasteiger partial charge in [-0.1, -0.05) is 17.7 Å². The maximum Gasteiger partial charge on any atom is 0.426 e. The number of alkyl halides is 3. The lowest BCUT2D eigenvalue weighted by molar-refractivity contribution is -0.217. The monoisotopic (exact) mass is 260 g/mol. The van der Waals surface area contributed by atoms with Crippen molar-refractivity contribution in [1.29, 1.82) is 0 Å². The molecule has 1 heterocycles. The lowest BCUT2D eigenvalue weighted by Gasteiger charge is -2.32. The van der Waals surface area contributed by atoms with Crippen LogP contribution in [0.2, 0.25) is 0 Å². The van der Waals surface area contributed by atoms with Crippen LogP contribution < -0.4 is 4.74 Å². The number of hydrogen-bond donors (Lipinski definition) is 1. The van der Waals surface area contributed by atoms with Gasteiger partial charge in [-0.05, 0) is 25.0 Å². The summed E-state index contributed by atoms with van der Waals surface area (Å²) in [6.07, 6.45) is -7.15. The molecule has 6 heteroatoms. The van der Waals surface area contributed by atoms with E-state index in [1.807, 2.05) is 0 Å². The first-order valence-corrected chi connectivity index (χ1v) is 5.35. The summed E-state index contributed by atoms with van der Waals surface area (Å²) in [6.45, 7) is 1.78. The molecule has 1 aliphatic heterocycles. The van der Waals surface area contributed by atoms with Crippen molar-refractivity contribution in [2.24, 2.45) is 5.92 Å². The molecule has 1 aromatic carbocycles. The fourth-order valence-electron chi connectivity index (χ4n) is 2.06. The predicted molar refractivity (Wildman–Crippen MR) is 56.5 cm³/mol. The van der Waals surface area contributed by atoms with Gasteiger partial charge in [0.05, 0.1) is 0 Å². The number of fused-ring (bicyclic) bond motifs is 1. The number of rotatable bonds is 1. The van der Waals surface area contributed by atoms with Crippen molar-refractivity contribution in [1.82, 2.24) is 0 Å². The van der Waals surface area contributed by atoms with Crippen molar-refractivity contribution in [3.05, 3.63) is 29.3 Å². The van der Waals surface area contributed by atoms with Crippen molar-refractivity contribution >= 4 is 5.97 Å². The number of aliphatic carboxylic acids is 1. The molecule has 2 rings (SSSR count). The first-order chi connectivity index (χ1) is 8.29. The molecule has 0 bridgehead atoms. The van der Waals surface area contributed by atoms with Gasteiger partial charge >= 0.3 is 12.1 Å². The molecule has 1 aromatic rings. The second-order valence-electron chi connectivity index (χ2n) is 4.34. The van der Waals surface area contributed by atoms with Gasteiger partial charge in [0, 0.05) is 0 Å². The molecule has 18 heavy (non-hydrogen) atoms. The Morgan fingerprint density at radius 1 is 1.44 bits per heavy atom. The Kier molecular flexibility index (Phi) is 2.96. The number of halogens is 3. The first kappa shape index (κ1) is 12.7. The van der Waals surface area contributed by atoms with Crippen LogP contribution in [-0.4, -0.2) is 23.4 Å². The third kappa shape index (κ3) is 2.27. The van der Waals surface area contributed by atoms with E-state index in [-0.39, 0.29) is 12.2 Å². The van der Waals surface area contributed by atoms with Gasteiger partial charge in [0.2, 0.25) is 6.10 Å². The summed E-state index contributed by atoms with van der Waals surface area (Å²) in [6, 6.07) is 4.73. The largest absolute Gasteiger partial charge is 0.481 e. The van der Waals surface area contributed by atoms with Crippen LogP contribution in [0.4, 0.5) is 13.2 Å². The molecule has 98 valence electrons. The maximum atomic E-state index is 12.7. The number of aryl methyl sites for hydroxylation is 1. The van der Waals surface area contributed by atoms with Crippen molar-refractivity contribution < 1.29 is 27.8 Å². The number of carbonyl (C=O) groups is 1. The van der Waals surface area contributed by atoms with Crippen LogP contribution in [0.3, 0.4) is 0 Å². The molecular weight excluding hydrogens is 249 g/mol. The average molecular weight is 260 g/mol. The van der Waals surface area contributed by atoms with Gasteiger partial charge in [-0.25, -0.2) is 0 Å². The third-order valence-corrected chi connectivity index (χ3v) is 2.92. The number of hydrogen-bond acceptors (Lipinski definition) is 2. The smallest absolute Gasteiger partial charge is 0.426 e. The summed E-state index contributed by atoms with van der Waals surface area (Å²) in [7, 11) is 0. The van der Waals surface area contributed by atoms with Gasteiger partial charge in [0.25, 0.3) is 0 Å². The van der Waals surface area contributed by atoms with E-state index in [0.717, 1.165) is 5.56 Å². The fraction of sp³-hybridized carbons (Fsp3) is 0.417. The highest BCUT2D eigenvalue weighted by Gasteiger charge is 2.52. The van der Waals surface area contributed by atoms with Crippen LogP contribution in [0.1, 0.15) is 11.1 Å². The molecular formula is C12H11F3O3. The molecule has 0 unspecified atom stereocenters. The fourth-order valence-corrected chi connectivity index (χ4v) is 2.06. The molecule has 0 aromatic heterocycles. The molecule has 2 atom stereocenters. The zero-order valence-electron chi connectivity index (χ0n) is 9.49. The zero-order chi connectivity index (χ0) is 13.5. The zero-order valence-corrected chi connectivity index (χ0v) is 9.49. The normalized spacial score (nSPS) is 23.1. The number of benzene rings is 1. The number of ether oxygens (including phenoxy) is 1. The van der Waals surface area contributed by atoms with Crippen LogP contribution in [0.15, 0.2) is 18.2 Å². The molecule has 0 amide bonds. The van der Waals surface area contributed by atoms with E-state index in [9.17, 15) is 18.0 Å². The molecule has 0 saturated carbocycles. The van der Waals surface area contributed by atoms with Crippen molar-refractivity contribution in [3.63, 3.8) is 0 Å².